The molecule has 2 N–H and O–H groups in total. The van der Waals surface area contributed by atoms with Crippen LogP contribution in [0.3, 0.4) is 0 Å². The largest absolute Gasteiger partial charge is 0.388 e. The normalized spacial score (nSPS) is 18.4. The van der Waals surface area contributed by atoms with Gasteiger partial charge in [-0.1, -0.05) is 12.1 Å². The van der Waals surface area contributed by atoms with Gasteiger partial charge < -0.3 is 15.3 Å². The Balaban J connectivity index is 1.23. The predicted octanol–water partition coefficient (Wildman–Crippen LogP) is 3.37. The van der Waals surface area contributed by atoms with Gasteiger partial charge in [0, 0.05) is 37.1 Å². The zero-order valence-electron chi connectivity index (χ0n) is 20.5. The third-order valence-electron chi connectivity index (χ3n) is 7.06. The summed E-state index contributed by atoms with van der Waals surface area (Å²) in [6, 6.07) is 17.6. The minimum Gasteiger partial charge on any atom is -0.388 e. The van der Waals surface area contributed by atoms with Gasteiger partial charge in [-0.25, -0.2) is 18.4 Å². The average Bonchev–Trinajstić information content (AvgIpc) is 3.42. The van der Waals surface area contributed by atoms with Gasteiger partial charge in [0.15, 0.2) is 0 Å². The number of anilines is 2. The summed E-state index contributed by atoms with van der Waals surface area (Å²) in [5.74, 6) is 0.365. The number of likely N-dealkylation sites (tertiary alicyclic amines) is 1. The lowest BCUT2D eigenvalue weighted by Gasteiger charge is -2.39. The second kappa shape index (κ2) is 10.6. The Morgan fingerprint density at radius 3 is 2.46 bits per heavy atom. The van der Waals surface area contributed by atoms with E-state index in [1.807, 2.05) is 6.07 Å². The molecule has 0 radical (unpaired) electrons. The number of aliphatic hydroxyl groups is 1. The average molecular weight is 519 g/mol. The van der Waals surface area contributed by atoms with Crippen LogP contribution in [0.5, 0.6) is 0 Å². The van der Waals surface area contributed by atoms with E-state index < -0.39 is 15.6 Å². The minimum absolute atomic E-state index is 0.214. The van der Waals surface area contributed by atoms with Crippen molar-refractivity contribution in [2.75, 3.05) is 38.0 Å². The molecule has 3 aromatic rings. The number of piperidine rings is 1. The Morgan fingerprint density at radius 2 is 1.76 bits per heavy atom. The lowest BCUT2D eigenvalue weighted by Crippen LogP contribution is -2.51. The second-order valence-electron chi connectivity index (χ2n) is 9.72. The summed E-state index contributed by atoms with van der Waals surface area (Å²) in [5.41, 5.74) is 1.85. The fraction of sp³-hybridized carbons (Fsp3) is 0.370. The Hall–Kier alpha value is -3.36. The van der Waals surface area contributed by atoms with Crippen molar-refractivity contribution in [1.29, 1.82) is 5.26 Å². The zero-order valence-corrected chi connectivity index (χ0v) is 21.4. The standard InChI is InChI=1S/C27H30N6O3S/c28-19-21-4-3-5-22(18-21)25-10-13-29-26(31-25)30-23-6-8-24(9-7-23)37(35,36)33-16-11-27(34,12-17-33)20-32-14-1-2-15-32/h3-10,13,18,34H,1-2,11-12,14-17,20H2,(H,29,30,31). The van der Waals surface area contributed by atoms with Crippen molar-refractivity contribution in [2.24, 2.45) is 0 Å². The molecule has 0 spiro atoms. The summed E-state index contributed by atoms with van der Waals surface area (Å²) in [4.78, 5) is 11.3. The van der Waals surface area contributed by atoms with E-state index in [1.165, 1.54) is 4.31 Å². The van der Waals surface area contributed by atoms with E-state index in [0.717, 1.165) is 31.5 Å². The van der Waals surface area contributed by atoms with E-state index in [-0.39, 0.29) is 4.90 Å². The molecule has 0 bridgehead atoms. The molecular weight excluding hydrogens is 488 g/mol. The molecule has 0 saturated carbocycles. The summed E-state index contributed by atoms with van der Waals surface area (Å²) in [5, 5.41) is 23.2. The van der Waals surface area contributed by atoms with Gasteiger partial charge in [0.05, 0.1) is 27.8 Å². The molecule has 0 unspecified atom stereocenters. The third-order valence-corrected chi connectivity index (χ3v) is 8.97. The summed E-state index contributed by atoms with van der Waals surface area (Å²) < 4.78 is 27.9. The van der Waals surface area contributed by atoms with Gasteiger partial charge in [-0.05, 0) is 81.2 Å². The molecule has 5 rings (SSSR count). The van der Waals surface area contributed by atoms with Crippen LogP contribution in [0.2, 0.25) is 0 Å². The summed E-state index contributed by atoms with van der Waals surface area (Å²) in [6.45, 7) is 3.25. The summed E-state index contributed by atoms with van der Waals surface area (Å²) in [6.07, 6.45) is 4.83. The number of nitrogens with zero attached hydrogens (tertiary/aromatic N) is 5. The monoisotopic (exact) mass is 518 g/mol. The van der Waals surface area contributed by atoms with E-state index in [9.17, 15) is 13.5 Å². The van der Waals surface area contributed by atoms with Gasteiger partial charge >= 0.3 is 0 Å². The van der Waals surface area contributed by atoms with E-state index in [4.69, 9.17) is 5.26 Å². The fourth-order valence-corrected chi connectivity index (χ4v) is 6.42. The number of hydrogen-bond donors (Lipinski definition) is 2. The highest BCUT2D eigenvalue weighted by molar-refractivity contribution is 7.89. The van der Waals surface area contributed by atoms with Gasteiger partial charge in [0.1, 0.15) is 0 Å². The Bertz CT molecular complexity index is 1390. The third kappa shape index (κ3) is 5.81. The molecule has 3 heterocycles. The molecule has 2 aromatic carbocycles. The topological polar surface area (TPSA) is 122 Å². The fourth-order valence-electron chi connectivity index (χ4n) is 4.97. The smallest absolute Gasteiger partial charge is 0.243 e. The first-order valence-electron chi connectivity index (χ1n) is 12.5. The molecule has 2 fully saturated rings. The number of benzene rings is 2. The maximum Gasteiger partial charge on any atom is 0.243 e. The van der Waals surface area contributed by atoms with Crippen LogP contribution in [0.1, 0.15) is 31.2 Å². The van der Waals surface area contributed by atoms with Gasteiger partial charge in [0.25, 0.3) is 0 Å². The first-order chi connectivity index (χ1) is 17.8. The maximum atomic E-state index is 13.2. The van der Waals surface area contributed by atoms with Crippen molar-refractivity contribution in [1.82, 2.24) is 19.2 Å². The van der Waals surface area contributed by atoms with E-state index in [2.05, 4.69) is 26.3 Å². The lowest BCUT2D eigenvalue weighted by molar-refractivity contribution is -0.0284. The highest BCUT2D eigenvalue weighted by Gasteiger charge is 2.38. The van der Waals surface area contributed by atoms with E-state index >= 15 is 0 Å². The minimum atomic E-state index is -3.66. The van der Waals surface area contributed by atoms with Crippen LogP contribution < -0.4 is 5.32 Å². The molecule has 10 heteroatoms. The molecule has 0 aliphatic carbocycles. The van der Waals surface area contributed by atoms with Crippen molar-refractivity contribution in [3.63, 3.8) is 0 Å². The molecule has 9 nitrogen and oxygen atoms in total. The number of aromatic nitrogens is 2. The van der Waals surface area contributed by atoms with Crippen molar-refractivity contribution >= 4 is 21.7 Å². The zero-order chi connectivity index (χ0) is 25.9. The van der Waals surface area contributed by atoms with Crippen molar-refractivity contribution in [3.05, 3.63) is 66.4 Å². The van der Waals surface area contributed by atoms with Crippen LogP contribution >= 0.6 is 0 Å². The maximum absolute atomic E-state index is 13.2. The predicted molar refractivity (Wildman–Crippen MR) is 141 cm³/mol. The van der Waals surface area contributed by atoms with Crippen LogP contribution in [0.25, 0.3) is 11.3 Å². The Labute approximate surface area is 217 Å². The number of nitriles is 1. The second-order valence-corrected chi connectivity index (χ2v) is 11.7. The molecule has 2 aliphatic rings. The van der Waals surface area contributed by atoms with E-state index in [1.54, 1.807) is 54.7 Å². The van der Waals surface area contributed by atoms with Gasteiger partial charge in [0.2, 0.25) is 16.0 Å². The van der Waals surface area contributed by atoms with Gasteiger partial charge in [-0.3, -0.25) is 0 Å². The quantitative estimate of drug-likeness (QED) is 0.488. The number of β-amino-alcohol motifs (C(OH)–C–C–N with tert-alkyl or cyclic N) is 1. The number of rotatable bonds is 7. The van der Waals surface area contributed by atoms with Gasteiger partial charge in [-0.15, -0.1) is 0 Å². The van der Waals surface area contributed by atoms with Crippen molar-refractivity contribution in [2.45, 2.75) is 36.2 Å². The molecule has 0 atom stereocenters. The molecule has 37 heavy (non-hydrogen) atoms. The van der Waals surface area contributed by atoms with Crippen LogP contribution in [-0.4, -0.2) is 71.0 Å². The van der Waals surface area contributed by atoms with Gasteiger partial charge in [-0.2, -0.15) is 9.57 Å². The van der Waals surface area contributed by atoms with Crippen molar-refractivity contribution in [3.8, 4) is 17.3 Å². The van der Waals surface area contributed by atoms with Crippen LogP contribution in [0.4, 0.5) is 11.6 Å². The lowest BCUT2D eigenvalue weighted by atomic mass is 9.92. The molecule has 2 saturated heterocycles. The van der Waals surface area contributed by atoms with Crippen LogP contribution in [0.15, 0.2) is 65.7 Å². The van der Waals surface area contributed by atoms with E-state index in [0.29, 0.717) is 55.4 Å². The molecular formula is C27H30N6O3S. The highest BCUT2D eigenvalue weighted by Crippen LogP contribution is 2.29. The van der Waals surface area contributed by atoms with Crippen LogP contribution in [0, 0.1) is 11.3 Å². The van der Waals surface area contributed by atoms with Crippen LogP contribution in [-0.2, 0) is 10.0 Å². The highest BCUT2D eigenvalue weighted by atomic mass is 32.2. The summed E-state index contributed by atoms with van der Waals surface area (Å²) in [7, 11) is -3.66. The number of nitrogens with one attached hydrogen (secondary N) is 1. The SMILES string of the molecule is N#Cc1cccc(-c2ccnc(Nc3ccc(S(=O)(=O)N4CCC(O)(CN5CCCC5)CC4)cc3)n2)c1. The first-order valence-corrected chi connectivity index (χ1v) is 13.9. The molecule has 2 aliphatic heterocycles. The Morgan fingerprint density at radius 1 is 1.03 bits per heavy atom. The first kappa shape index (κ1) is 25.3. The molecule has 0 amide bonds. The Kier molecular flexibility index (Phi) is 7.22. The number of hydrogen-bond acceptors (Lipinski definition) is 8. The molecule has 1 aromatic heterocycles. The van der Waals surface area contributed by atoms with Crippen molar-refractivity contribution < 1.29 is 13.5 Å². The summed E-state index contributed by atoms with van der Waals surface area (Å²) >= 11 is 0. The molecule has 192 valence electrons. The number of sulfonamides is 1.